The van der Waals surface area contributed by atoms with E-state index in [9.17, 15) is 0 Å². The Bertz CT molecular complexity index is 682. The van der Waals surface area contributed by atoms with Crippen molar-refractivity contribution in [2.75, 3.05) is 26.1 Å². The molecule has 0 saturated heterocycles. The molecule has 0 aliphatic heterocycles. The molecule has 0 aliphatic rings. The Kier molecular flexibility index (Phi) is 6.48. The monoisotopic (exact) mass is 332 g/mol. The second kappa shape index (κ2) is 8.81. The van der Waals surface area contributed by atoms with E-state index in [0.29, 0.717) is 30.6 Å². The highest BCUT2D eigenvalue weighted by Crippen LogP contribution is 2.30. The molecule has 1 aromatic heterocycles. The first-order valence-corrected chi connectivity index (χ1v) is 7.93. The van der Waals surface area contributed by atoms with Gasteiger partial charge < -0.3 is 24.6 Å². The van der Waals surface area contributed by atoms with Gasteiger partial charge in [-0.15, -0.1) is 0 Å². The topological polar surface area (TPSA) is 80.9 Å². The maximum atomic E-state index is 5.58. The van der Waals surface area contributed by atoms with E-state index in [4.69, 9.17) is 14.0 Å². The molecule has 0 amide bonds. The molecule has 2 N–H and O–H groups in total. The molecular formula is C17H24N4O3. The lowest BCUT2D eigenvalue weighted by Crippen LogP contribution is -2.30. The number of benzene rings is 1. The summed E-state index contributed by atoms with van der Waals surface area (Å²) < 4.78 is 16.1. The third-order valence-corrected chi connectivity index (χ3v) is 3.35. The first-order valence-electron chi connectivity index (χ1n) is 7.93. The summed E-state index contributed by atoms with van der Waals surface area (Å²) in [6.45, 7) is 5.04. The molecule has 7 nitrogen and oxygen atoms in total. The molecule has 130 valence electrons. The highest BCUT2D eigenvalue weighted by atomic mass is 16.5. The third-order valence-electron chi connectivity index (χ3n) is 3.35. The van der Waals surface area contributed by atoms with Crippen molar-refractivity contribution in [3.05, 3.63) is 35.7 Å². The van der Waals surface area contributed by atoms with Crippen molar-refractivity contribution < 1.29 is 14.0 Å². The maximum Gasteiger partial charge on any atom is 0.195 e. The van der Waals surface area contributed by atoms with Gasteiger partial charge in [0.05, 0.1) is 26.0 Å². The Hall–Kier alpha value is -2.70. The first kappa shape index (κ1) is 17.7. The van der Waals surface area contributed by atoms with Gasteiger partial charge in [0.15, 0.2) is 23.2 Å². The predicted molar refractivity (Wildman–Crippen MR) is 93.9 cm³/mol. The lowest BCUT2D eigenvalue weighted by atomic mass is 10.2. The van der Waals surface area contributed by atoms with Crippen LogP contribution in [-0.2, 0) is 13.0 Å². The van der Waals surface area contributed by atoms with Gasteiger partial charge in [0.25, 0.3) is 0 Å². The Morgan fingerprint density at radius 1 is 1.25 bits per heavy atom. The summed E-state index contributed by atoms with van der Waals surface area (Å²) >= 11 is 0. The quantitative estimate of drug-likeness (QED) is 0.599. The summed E-state index contributed by atoms with van der Waals surface area (Å²) in [7, 11) is 3.33. The Morgan fingerprint density at radius 3 is 2.71 bits per heavy atom. The maximum absolute atomic E-state index is 5.58. The Labute approximate surface area is 142 Å². The number of rotatable bonds is 7. The van der Waals surface area contributed by atoms with Crippen LogP contribution >= 0.6 is 0 Å². The normalized spacial score (nSPS) is 11.2. The van der Waals surface area contributed by atoms with Crippen molar-refractivity contribution in [3.63, 3.8) is 0 Å². The van der Waals surface area contributed by atoms with E-state index in [2.05, 4.69) is 20.8 Å². The van der Waals surface area contributed by atoms with Gasteiger partial charge in [-0.2, -0.15) is 0 Å². The lowest BCUT2D eigenvalue weighted by molar-refractivity contribution is 0.311. The van der Waals surface area contributed by atoms with Gasteiger partial charge in [0.2, 0.25) is 0 Å². The summed E-state index contributed by atoms with van der Waals surface area (Å²) in [4.78, 5) is 4.20. The molecule has 1 aromatic carbocycles. The summed E-state index contributed by atoms with van der Waals surface area (Å²) in [5.41, 5.74) is 1.78. The van der Waals surface area contributed by atoms with E-state index in [-0.39, 0.29) is 0 Å². The molecule has 0 saturated carbocycles. The number of methoxy groups -OCH3 is 1. The van der Waals surface area contributed by atoms with Gasteiger partial charge in [-0.05, 0) is 25.5 Å². The molecule has 7 heteroatoms. The Morgan fingerprint density at radius 2 is 2.08 bits per heavy atom. The van der Waals surface area contributed by atoms with Gasteiger partial charge in [-0.25, -0.2) is 0 Å². The number of nitrogens with zero attached hydrogens (tertiary/aromatic N) is 2. The van der Waals surface area contributed by atoms with Gasteiger partial charge >= 0.3 is 0 Å². The minimum atomic E-state index is 0.501. The molecule has 24 heavy (non-hydrogen) atoms. The van der Waals surface area contributed by atoms with Crippen LogP contribution in [0.15, 0.2) is 33.8 Å². The van der Waals surface area contributed by atoms with Crippen molar-refractivity contribution in [1.82, 2.24) is 10.5 Å². The van der Waals surface area contributed by atoms with Crippen molar-refractivity contribution in [1.29, 1.82) is 0 Å². The van der Waals surface area contributed by atoms with Crippen molar-refractivity contribution >= 4 is 11.6 Å². The van der Waals surface area contributed by atoms with E-state index in [1.54, 1.807) is 14.2 Å². The van der Waals surface area contributed by atoms with Crippen LogP contribution in [0.2, 0.25) is 0 Å². The number of aryl methyl sites for hydroxylation is 1. The standard InChI is InChI=1S/C17H24N4O3/c1-5-12-9-14(24-21-12)11-19-17(18-3)20-13-7-8-15(22-4)16(10-13)23-6-2/h7-10H,5-6,11H2,1-4H3,(H2,18,19,20). The molecule has 0 aliphatic carbocycles. The second-order valence-electron chi connectivity index (χ2n) is 4.99. The lowest BCUT2D eigenvalue weighted by Gasteiger charge is -2.14. The molecule has 0 radical (unpaired) electrons. The smallest absolute Gasteiger partial charge is 0.195 e. The number of nitrogens with one attached hydrogen (secondary N) is 2. The zero-order valence-electron chi connectivity index (χ0n) is 14.5. The summed E-state index contributed by atoms with van der Waals surface area (Å²) in [5, 5.41) is 10.4. The number of anilines is 1. The molecule has 2 rings (SSSR count). The van der Waals surface area contributed by atoms with Crippen LogP contribution in [0.4, 0.5) is 5.69 Å². The Balaban J connectivity index is 2.00. The SMILES string of the molecule is CCOc1cc(NC(=NC)NCc2cc(CC)no2)ccc1OC. The van der Waals surface area contributed by atoms with E-state index in [0.717, 1.165) is 23.6 Å². The number of hydrogen-bond donors (Lipinski definition) is 2. The van der Waals surface area contributed by atoms with Crippen LogP contribution in [0.1, 0.15) is 25.3 Å². The van der Waals surface area contributed by atoms with Crippen molar-refractivity contribution in [2.24, 2.45) is 4.99 Å². The number of aromatic nitrogens is 1. The van der Waals surface area contributed by atoms with E-state index >= 15 is 0 Å². The fraction of sp³-hybridized carbons (Fsp3) is 0.412. The molecule has 0 bridgehead atoms. The molecule has 0 unspecified atom stereocenters. The largest absolute Gasteiger partial charge is 0.493 e. The highest BCUT2D eigenvalue weighted by Gasteiger charge is 2.08. The van der Waals surface area contributed by atoms with Gasteiger partial charge in [-0.1, -0.05) is 12.1 Å². The minimum Gasteiger partial charge on any atom is -0.493 e. The summed E-state index contributed by atoms with van der Waals surface area (Å²) in [6.07, 6.45) is 0.850. The molecule has 1 heterocycles. The van der Waals surface area contributed by atoms with Crippen LogP contribution in [0.25, 0.3) is 0 Å². The predicted octanol–water partition coefficient (Wildman–Crippen LogP) is 2.83. The minimum absolute atomic E-state index is 0.501. The van der Waals surface area contributed by atoms with E-state index in [1.165, 1.54) is 0 Å². The van der Waals surface area contributed by atoms with Crippen LogP contribution < -0.4 is 20.1 Å². The summed E-state index contributed by atoms with van der Waals surface area (Å²) in [5.74, 6) is 2.76. The molecule has 0 fully saturated rings. The highest BCUT2D eigenvalue weighted by molar-refractivity contribution is 5.93. The average Bonchev–Trinajstić information content (AvgIpc) is 3.07. The molecule has 0 atom stereocenters. The van der Waals surface area contributed by atoms with Crippen LogP contribution in [0, 0.1) is 0 Å². The van der Waals surface area contributed by atoms with Crippen LogP contribution in [0.5, 0.6) is 11.5 Å². The number of ether oxygens (including phenoxy) is 2. The first-order chi connectivity index (χ1) is 11.7. The number of guanidine groups is 1. The zero-order chi connectivity index (χ0) is 17.4. The second-order valence-corrected chi connectivity index (χ2v) is 4.99. The fourth-order valence-electron chi connectivity index (χ4n) is 2.12. The van der Waals surface area contributed by atoms with Crippen molar-refractivity contribution in [2.45, 2.75) is 26.8 Å². The van der Waals surface area contributed by atoms with Crippen molar-refractivity contribution in [3.8, 4) is 11.5 Å². The van der Waals surface area contributed by atoms with Crippen LogP contribution in [-0.4, -0.2) is 31.9 Å². The average molecular weight is 332 g/mol. The molecule has 0 spiro atoms. The van der Waals surface area contributed by atoms with Crippen LogP contribution in [0.3, 0.4) is 0 Å². The third kappa shape index (κ3) is 4.65. The van der Waals surface area contributed by atoms with E-state index < -0.39 is 0 Å². The van der Waals surface area contributed by atoms with Gasteiger partial charge in [0.1, 0.15) is 0 Å². The molecular weight excluding hydrogens is 308 g/mol. The fourth-order valence-corrected chi connectivity index (χ4v) is 2.12. The number of hydrogen-bond acceptors (Lipinski definition) is 5. The zero-order valence-corrected chi connectivity index (χ0v) is 14.5. The number of aliphatic imine (C=N–C) groups is 1. The van der Waals surface area contributed by atoms with Gasteiger partial charge in [0, 0.05) is 24.9 Å². The molecule has 2 aromatic rings. The van der Waals surface area contributed by atoms with E-state index in [1.807, 2.05) is 38.1 Å². The van der Waals surface area contributed by atoms with Gasteiger partial charge in [-0.3, -0.25) is 4.99 Å². The summed E-state index contributed by atoms with van der Waals surface area (Å²) in [6, 6.07) is 7.56.